The van der Waals surface area contributed by atoms with Crippen molar-refractivity contribution in [3.63, 3.8) is 0 Å². The quantitative estimate of drug-likeness (QED) is 0.662. The van der Waals surface area contributed by atoms with Gasteiger partial charge in [-0.1, -0.05) is 17.5 Å². The van der Waals surface area contributed by atoms with Gasteiger partial charge in [-0.05, 0) is 57.0 Å². The molecule has 0 aromatic heterocycles. The van der Waals surface area contributed by atoms with E-state index in [2.05, 4.69) is 17.2 Å². The second-order valence-electron chi connectivity index (χ2n) is 6.11. The average Bonchev–Trinajstić information content (AvgIpc) is 2.60. The van der Waals surface area contributed by atoms with Gasteiger partial charge in [0, 0.05) is 37.0 Å². The van der Waals surface area contributed by atoms with Gasteiger partial charge in [0.1, 0.15) is 5.75 Å². The number of benzene rings is 1. The normalized spacial score (nSPS) is 20.0. The van der Waals surface area contributed by atoms with E-state index in [1.54, 1.807) is 29.2 Å². The van der Waals surface area contributed by atoms with E-state index in [4.69, 9.17) is 16.3 Å². The highest BCUT2D eigenvalue weighted by molar-refractivity contribution is 6.30. The number of ether oxygens (including phenoxy) is 1. The molecule has 1 aliphatic carbocycles. The first-order valence-electron chi connectivity index (χ1n) is 8.43. The summed E-state index contributed by atoms with van der Waals surface area (Å²) in [5.74, 6) is 7.56. The number of carbonyl (C=O) groups is 1. The molecule has 130 valence electrons. The van der Waals surface area contributed by atoms with E-state index in [0.717, 1.165) is 38.6 Å². The Hall–Kier alpha value is -1.70. The Morgan fingerprint density at radius 1 is 1.29 bits per heavy atom. The molecule has 1 amide bonds. The number of hydrogen-bond acceptors (Lipinski definition) is 3. The topological polar surface area (TPSA) is 41.6 Å². The maximum Gasteiger partial charge on any atom is 0.415 e. The summed E-state index contributed by atoms with van der Waals surface area (Å²) in [5, 5.41) is 3.72. The van der Waals surface area contributed by atoms with Gasteiger partial charge in [-0.2, -0.15) is 0 Å². The Balaban J connectivity index is 1.78. The molecule has 1 aromatic carbocycles. The second-order valence-corrected chi connectivity index (χ2v) is 6.55. The van der Waals surface area contributed by atoms with Gasteiger partial charge >= 0.3 is 6.09 Å². The van der Waals surface area contributed by atoms with Crippen molar-refractivity contribution in [3.8, 4) is 17.6 Å². The first kappa shape index (κ1) is 18.6. The third-order valence-corrected chi connectivity index (χ3v) is 4.61. The van der Waals surface area contributed by atoms with Crippen molar-refractivity contribution in [1.29, 1.82) is 0 Å². The molecule has 1 N–H and O–H groups in total. The van der Waals surface area contributed by atoms with Crippen LogP contribution >= 0.6 is 11.6 Å². The molecule has 0 heterocycles. The Morgan fingerprint density at radius 3 is 2.58 bits per heavy atom. The molecule has 24 heavy (non-hydrogen) atoms. The fourth-order valence-corrected chi connectivity index (χ4v) is 2.96. The van der Waals surface area contributed by atoms with Crippen LogP contribution in [0.1, 0.15) is 32.1 Å². The molecule has 4 nitrogen and oxygen atoms in total. The maximum atomic E-state index is 12.3. The largest absolute Gasteiger partial charge is 0.415 e. The van der Waals surface area contributed by atoms with Gasteiger partial charge in [-0.15, -0.1) is 5.92 Å². The number of rotatable bonds is 4. The molecule has 1 aliphatic rings. The summed E-state index contributed by atoms with van der Waals surface area (Å²) in [5.41, 5.74) is 0. The molecule has 5 heteroatoms. The van der Waals surface area contributed by atoms with Crippen LogP contribution in [0.25, 0.3) is 0 Å². The molecule has 0 aliphatic heterocycles. The minimum atomic E-state index is -0.319. The van der Waals surface area contributed by atoms with Crippen LogP contribution in [-0.4, -0.2) is 37.7 Å². The summed E-state index contributed by atoms with van der Waals surface area (Å²) in [6.45, 7) is 0.932. The van der Waals surface area contributed by atoms with Gasteiger partial charge in [0.15, 0.2) is 0 Å². The summed E-state index contributed by atoms with van der Waals surface area (Å²) >= 11 is 5.83. The summed E-state index contributed by atoms with van der Waals surface area (Å²) in [6, 6.07) is 7.04. The van der Waals surface area contributed by atoms with Gasteiger partial charge in [-0.25, -0.2) is 4.79 Å². The summed E-state index contributed by atoms with van der Waals surface area (Å²) < 4.78 is 5.40. The Bertz CT molecular complexity index is 584. The van der Waals surface area contributed by atoms with Crippen molar-refractivity contribution in [1.82, 2.24) is 10.2 Å². The van der Waals surface area contributed by atoms with Crippen LogP contribution in [0.3, 0.4) is 0 Å². The molecule has 2 rings (SSSR count). The molecule has 0 unspecified atom stereocenters. The Kier molecular flexibility index (Phi) is 7.42. The van der Waals surface area contributed by atoms with Crippen molar-refractivity contribution < 1.29 is 9.53 Å². The lowest BCUT2D eigenvalue weighted by Gasteiger charge is -2.32. The molecule has 1 saturated carbocycles. The van der Waals surface area contributed by atoms with E-state index in [0.29, 0.717) is 16.7 Å². The van der Waals surface area contributed by atoms with Crippen LogP contribution in [-0.2, 0) is 0 Å². The number of nitrogens with one attached hydrogen (secondary N) is 1. The lowest BCUT2D eigenvalue weighted by molar-refractivity contribution is 0.129. The van der Waals surface area contributed by atoms with E-state index in [1.165, 1.54) is 0 Å². The van der Waals surface area contributed by atoms with Crippen LogP contribution in [0.5, 0.6) is 5.75 Å². The maximum absolute atomic E-state index is 12.3. The standard InChI is InChI=1S/C19H25ClN2O2/c1-21-14-4-3-5-15-6-10-17(11-7-15)22(2)19(23)24-18-12-8-16(20)9-13-18/h8-9,12-13,15,17,21H,4,6-7,10-11,14H2,1-2H3/t15-,17-. The zero-order valence-corrected chi connectivity index (χ0v) is 15.1. The van der Waals surface area contributed by atoms with Gasteiger partial charge in [0.05, 0.1) is 0 Å². The fourth-order valence-electron chi connectivity index (χ4n) is 2.84. The van der Waals surface area contributed by atoms with Crippen molar-refractivity contribution in [2.24, 2.45) is 5.92 Å². The molecular formula is C19H25ClN2O2. The minimum absolute atomic E-state index is 0.222. The Morgan fingerprint density at radius 2 is 1.96 bits per heavy atom. The number of hydrogen-bond donors (Lipinski definition) is 1. The zero-order valence-electron chi connectivity index (χ0n) is 14.3. The molecule has 0 radical (unpaired) electrons. The number of carbonyl (C=O) groups excluding carboxylic acids is 1. The van der Waals surface area contributed by atoms with Gasteiger partial charge in [0.2, 0.25) is 0 Å². The first-order valence-corrected chi connectivity index (χ1v) is 8.81. The van der Waals surface area contributed by atoms with E-state index < -0.39 is 0 Å². The predicted octanol–water partition coefficient (Wildman–Crippen LogP) is 3.94. The highest BCUT2D eigenvalue weighted by Crippen LogP contribution is 2.27. The van der Waals surface area contributed by atoms with Crippen LogP contribution in [0, 0.1) is 17.8 Å². The van der Waals surface area contributed by atoms with Crippen molar-refractivity contribution in [3.05, 3.63) is 29.3 Å². The van der Waals surface area contributed by atoms with Crippen LogP contribution in [0.15, 0.2) is 24.3 Å². The molecule has 1 aromatic rings. The van der Waals surface area contributed by atoms with Crippen molar-refractivity contribution in [2.45, 2.75) is 38.1 Å². The van der Waals surface area contributed by atoms with Gasteiger partial charge in [0.25, 0.3) is 0 Å². The van der Waals surface area contributed by atoms with E-state index in [1.807, 2.05) is 14.1 Å². The third-order valence-electron chi connectivity index (χ3n) is 4.36. The number of nitrogens with zero attached hydrogens (tertiary/aromatic N) is 1. The van der Waals surface area contributed by atoms with Gasteiger partial charge < -0.3 is 15.0 Å². The molecule has 0 spiro atoms. The lowest BCUT2D eigenvalue weighted by Crippen LogP contribution is -2.40. The molecule has 0 atom stereocenters. The smallest absolute Gasteiger partial charge is 0.410 e. The number of amides is 1. The monoisotopic (exact) mass is 348 g/mol. The van der Waals surface area contributed by atoms with Gasteiger partial charge in [-0.3, -0.25) is 0 Å². The zero-order chi connectivity index (χ0) is 17.4. The predicted molar refractivity (Wildman–Crippen MR) is 97.3 cm³/mol. The fraction of sp³-hybridized carbons (Fsp3) is 0.526. The SMILES string of the molecule is CNCCC#C[C@H]1CC[C@H](N(C)C(=O)Oc2ccc(Cl)cc2)CC1. The lowest BCUT2D eigenvalue weighted by atomic mass is 9.86. The van der Waals surface area contributed by atoms with Crippen molar-refractivity contribution in [2.75, 3.05) is 20.6 Å². The summed E-state index contributed by atoms with van der Waals surface area (Å²) in [7, 11) is 3.74. The summed E-state index contributed by atoms with van der Waals surface area (Å²) in [4.78, 5) is 14.0. The minimum Gasteiger partial charge on any atom is -0.410 e. The van der Waals surface area contributed by atoms with Crippen LogP contribution < -0.4 is 10.1 Å². The van der Waals surface area contributed by atoms with E-state index in [9.17, 15) is 4.79 Å². The summed E-state index contributed by atoms with van der Waals surface area (Å²) in [6.07, 6.45) is 4.59. The Labute approximate surface area is 149 Å². The van der Waals surface area contributed by atoms with Crippen molar-refractivity contribution >= 4 is 17.7 Å². The van der Waals surface area contributed by atoms with Crippen LogP contribution in [0.2, 0.25) is 5.02 Å². The van der Waals surface area contributed by atoms with Crippen LogP contribution in [0.4, 0.5) is 4.79 Å². The van der Waals surface area contributed by atoms with E-state index >= 15 is 0 Å². The first-order chi connectivity index (χ1) is 11.6. The second kappa shape index (κ2) is 9.56. The highest BCUT2D eigenvalue weighted by Gasteiger charge is 2.26. The highest BCUT2D eigenvalue weighted by atomic mass is 35.5. The molecule has 0 saturated heterocycles. The average molecular weight is 349 g/mol. The number of halogens is 1. The molecule has 1 fully saturated rings. The van der Waals surface area contributed by atoms with E-state index in [-0.39, 0.29) is 12.1 Å². The molecular weight excluding hydrogens is 324 g/mol. The molecule has 0 bridgehead atoms. The third kappa shape index (κ3) is 5.74.